The van der Waals surface area contributed by atoms with E-state index in [9.17, 15) is 0 Å². The van der Waals surface area contributed by atoms with E-state index in [0.29, 0.717) is 22.5 Å². The summed E-state index contributed by atoms with van der Waals surface area (Å²) in [6, 6.07) is 15.7. The molecule has 111 valence electrons. The summed E-state index contributed by atoms with van der Waals surface area (Å²) in [5.74, 6) is 1.59. The van der Waals surface area contributed by atoms with Gasteiger partial charge in [-0.15, -0.1) is 0 Å². The molecule has 4 nitrogen and oxygen atoms in total. The second-order valence-electron chi connectivity index (χ2n) is 5.02. The van der Waals surface area contributed by atoms with Gasteiger partial charge in [0.25, 0.3) is 5.89 Å². The Kier molecular flexibility index (Phi) is 4.11. The lowest BCUT2D eigenvalue weighted by atomic mass is 10.2. The number of hydrogen-bond acceptors (Lipinski definition) is 4. The monoisotopic (exact) mass is 313 g/mol. The highest BCUT2D eigenvalue weighted by Crippen LogP contribution is 2.30. The molecule has 0 saturated heterocycles. The molecule has 0 amide bonds. The lowest BCUT2D eigenvalue weighted by molar-refractivity contribution is 0.242. The molecule has 5 heteroatoms. The van der Waals surface area contributed by atoms with Crippen molar-refractivity contribution in [2.75, 3.05) is 0 Å². The Hall–Kier alpha value is -2.33. The number of nitrogens with zero attached hydrogens (tertiary/aromatic N) is 2. The molecule has 2 aromatic carbocycles. The molecule has 3 rings (SSSR count). The Labute approximate surface area is 133 Å². The average molecular weight is 314 g/mol. The first-order valence-electron chi connectivity index (χ1n) is 6.90. The van der Waals surface area contributed by atoms with E-state index in [1.807, 2.05) is 38.1 Å². The lowest BCUT2D eigenvalue weighted by Crippen LogP contribution is -2.05. The Morgan fingerprint density at radius 1 is 1.14 bits per heavy atom. The highest BCUT2D eigenvalue weighted by Gasteiger charge is 2.12. The summed E-state index contributed by atoms with van der Waals surface area (Å²) in [6.07, 6.45) is 0.0648. The Bertz CT molecular complexity index is 769. The molecule has 0 N–H and O–H groups in total. The van der Waals surface area contributed by atoms with Gasteiger partial charge in [0.1, 0.15) is 5.75 Å². The third-order valence-corrected chi connectivity index (χ3v) is 3.24. The molecule has 0 aliphatic carbocycles. The third-order valence-electron chi connectivity index (χ3n) is 2.94. The van der Waals surface area contributed by atoms with Crippen molar-refractivity contribution < 1.29 is 9.26 Å². The third kappa shape index (κ3) is 3.12. The van der Waals surface area contributed by atoms with Crippen LogP contribution < -0.4 is 4.74 Å². The van der Waals surface area contributed by atoms with Gasteiger partial charge in [-0.25, -0.2) is 0 Å². The summed E-state index contributed by atoms with van der Waals surface area (Å²) in [4.78, 5) is 4.39. The van der Waals surface area contributed by atoms with Crippen LogP contribution in [0.15, 0.2) is 47.0 Å². The van der Waals surface area contributed by atoms with Gasteiger partial charge >= 0.3 is 0 Å². The van der Waals surface area contributed by atoms with Gasteiger partial charge in [-0.05, 0) is 50.2 Å². The normalized spacial score (nSPS) is 10.9. The Morgan fingerprint density at radius 3 is 2.59 bits per heavy atom. The first kappa shape index (κ1) is 14.6. The van der Waals surface area contributed by atoms with E-state index < -0.39 is 0 Å². The van der Waals surface area contributed by atoms with E-state index in [0.717, 1.165) is 11.1 Å². The smallest absolute Gasteiger partial charge is 0.258 e. The molecule has 0 saturated carbocycles. The fourth-order valence-corrected chi connectivity index (χ4v) is 2.20. The van der Waals surface area contributed by atoms with Gasteiger partial charge < -0.3 is 9.26 Å². The van der Waals surface area contributed by atoms with Crippen molar-refractivity contribution >= 4 is 11.6 Å². The largest absolute Gasteiger partial charge is 0.489 e. The highest BCUT2D eigenvalue weighted by atomic mass is 35.5. The van der Waals surface area contributed by atoms with Gasteiger partial charge in [-0.2, -0.15) is 4.98 Å². The van der Waals surface area contributed by atoms with Crippen LogP contribution in [-0.2, 0) is 0 Å². The van der Waals surface area contributed by atoms with Crippen molar-refractivity contribution in [2.45, 2.75) is 20.0 Å². The van der Waals surface area contributed by atoms with Crippen molar-refractivity contribution in [1.29, 1.82) is 0 Å². The number of ether oxygens (including phenoxy) is 1. The maximum atomic E-state index is 6.23. The summed E-state index contributed by atoms with van der Waals surface area (Å²) >= 11 is 6.23. The van der Waals surface area contributed by atoms with E-state index in [1.165, 1.54) is 0 Å². The summed E-state index contributed by atoms with van der Waals surface area (Å²) in [6.45, 7) is 3.90. The number of benzene rings is 2. The van der Waals surface area contributed by atoms with Crippen molar-refractivity contribution in [3.8, 4) is 28.6 Å². The van der Waals surface area contributed by atoms with Crippen LogP contribution in [-0.4, -0.2) is 16.2 Å². The Balaban J connectivity index is 1.89. The maximum Gasteiger partial charge on any atom is 0.258 e. The van der Waals surface area contributed by atoms with Crippen LogP contribution in [0.1, 0.15) is 13.8 Å². The van der Waals surface area contributed by atoms with Crippen LogP contribution in [0, 0.1) is 6.07 Å². The summed E-state index contributed by atoms with van der Waals surface area (Å²) < 4.78 is 10.9. The molecule has 3 aromatic rings. The molecule has 0 unspecified atom stereocenters. The minimum Gasteiger partial charge on any atom is -0.489 e. The first-order chi connectivity index (χ1) is 10.6. The van der Waals surface area contributed by atoms with Crippen LogP contribution in [0.5, 0.6) is 5.75 Å². The molecule has 1 radical (unpaired) electrons. The number of aromatic nitrogens is 2. The van der Waals surface area contributed by atoms with Crippen LogP contribution in [0.2, 0.25) is 5.02 Å². The van der Waals surface area contributed by atoms with Gasteiger partial charge in [0.2, 0.25) is 5.82 Å². The zero-order valence-corrected chi connectivity index (χ0v) is 13.0. The van der Waals surface area contributed by atoms with E-state index in [4.69, 9.17) is 20.9 Å². The lowest BCUT2D eigenvalue weighted by Gasteiger charge is -2.11. The van der Waals surface area contributed by atoms with Gasteiger partial charge in [0, 0.05) is 11.1 Å². The Morgan fingerprint density at radius 2 is 1.91 bits per heavy atom. The zero-order chi connectivity index (χ0) is 15.5. The molecule has 0 aliphatic heterocycles. The summed E-state index contributed by atoms with van der Waals surface area (Å²) in [5, 5.41) is 4.52. The predicted molar refractivity (Wildman–Crippen MR) is 84.8 cm³/mol. The molecular formula is C17H14ClN2O2. The van der Waals surface area contributed by atoms with Gasteiger partial charge in [0.15, 0.2) is 0 Å². The quantitative estimate of drug-likeness (QED) is 0.703. The molecule has 0 fully saturated rings. The molecule has 1 heterocycles. The van der Waals surface area contributed by atoms with Gasteiger partial charge in [-0.3, -0.25) is 0 Å². The zero-order valence-electron chi connectivity index (χ0n) is 12.2. The van der Waals surface area contributed by atoms with Crippen molar-refractivity contribution in [3.63, 3.8) is 0 Å². The fourth-order valence-electron chi connectivity index (χ4n) is 1.98. The standard InChI is InChI=1S/C17H14ClN2O2/c1-11(2)21-15-9-8-13(10-14(15)18)16-19-17(22-20-16)12-6-4-3-5-7-12/h4-11H,1-2H3. The fraction of sp³-hybridized carbons (Fsp3) is 0.176. The van der Waals surface area contributed by atoms with E-state index in [2.05, 4.69) is 16.2 Å². The van der Waals surface area contributed by atoms with Gasteiger partial charge in [0.05, 0.1) is 11.1 Å². The topological polar surface area (TPSA) is 48.2 Å². The average Bonchev–Trinajstić information content (AvgIpc) is 3.00. The predicted octanol–water partition coefficient (Wildman–Crippen LogP) is 4.64. The second-order valence-corrected chi connectivity index (χ2v) is 5.43. The maximum absolute atomic E-state index is 6.23. The number of halogens is 1. The first-order valence-corrected chi connectivity index (χ1v) is 7.28. The molecule has 0 aliphatic rings. The second kappa shape index (κ2) is 6.20. The summed E-state index contributed by atoms with van der Waals surface area (Å²) in [7, 11) is 0. The van der Waals surface area contributed by atoms with Crippen LogP contribution in [0.25, 0.3) is 22.8 Å². The molecule has 1 aromatic heterocycles. The van der Waals surface area contributed by atoms with Crippen LogP contribution in [0.4, 0.5) is 0 Å². The molecule has 22 heavy (non-hydrogen) atoms. The van der Waals surface area contributed by atoms with Crippen molar-refractivity contribution in [2.24, 2.45) is 0 Å². The van der Waals surface area contributed by atoms with Crippen molar-refractivity contribution in [1.82, 2.24) is 10.1 Å². The molecular weight excluding hydrogens is 300 g/mol. The van der Waals surface area contributed by atoms with E-state index in [-0.39, 0.29) is 6.10 Å². The number of hydrogen-bond donors (Lipinski definition) is 0. The van der Waals surface area contributed by atoms with E-state index in [1.54, 1.807) is 18.2 Å². The van der Waals surface area contributed by atoms with Crippen LogP contribution >= 0.6 is 11.6 Å². The minimum absolute atomic E-state index is 0.0648. The SMILES string of the molecule is CC(C)Oc1ccc(-c2noc(-c3cc[c]cc3)n2)cc1Cl. The number of rotatable bonds is 4. The highest BCUT2D eigenvalue weighted by molar-refractivity contribution is 6.32. The summed E-state index contributed by atoms with van der Waals surface area (Å²) in [5.41, 5.74) is 1.63. The van der Waals surface area contributed by atoms with Crippen molar-refractivity contribution in [3.05, 3.63) is 53.6 Å². The van der Waals surface area contributed by atoms with Crippen LogP contribution in [0.3, 0.4) is 0 Å². The van der Waals surface area contributed by atoms with Gasteiger partial charge in [-0.1, -0.05) is 28.9 Å². The molecule has 0 atom stereocenters. The minimum atomic E-state index is 0.0648. The van der Waals surface area contributed by atoms with E-state index >= 15 is 0 Å². The molecule has 0 spiro atoms. The molecule has 0 bridgehead atoms.